The Morgan fingerprint density at radius 1 is 1.17 bits per heavy atom. The molecule has 0 aliphatic heterocycles. The van der Waals surface area contributed by atoms with Gasteiger partial charge in [0.25, 0.3) is 5.91 Å². The van der Waals surface area contributed by atoms with Crippen LogP contribution in [0.3, 0.4) is 0 Å². The number of ether oxygens (including phenoxy) is 2. The molecule has 0 aromatic heterocycles. The molecule has 2 rings (SSSR count). The standard InChI is InChI=1S/C18H17BrN2O3/c1-11(13-6-4-12(10-20)5-7-13)21-18(22)14-8-15(23-2)17(19)16(9-14)24-3/h4-9,11H,1-3H3,(H,21,22). The lowest BCUT2D eigenvalue weighted by Gasteiger charge is -2.16. The van der Waals surface area contributed by atoms with Gasteiger partial charge in [-0.25, -0.2) is 0 Å². The summed E-state index contributed by atoms with van der Waals surface area (Å²) in [5.74, 6) is 0.798. The van der Waals surface area contributed by atoms with E-state index in [0.717, 1.165) is 5.56 Å². The van der Waals surface area contributed by atoms with Gasteiger partial charge in [-0.05, 0) is 52.7 Å². The summed E-state index contributed by atoms with van der Waals surface area (Å²) in [4.78, 5) is 12.5. The van der Waals surface area contributed by atoms with Gasteiger partial charge in [0.1, 0.15) is 16.0 Å². The van der Waals surface area contributed by atoms with Crippen molar-refractivity contribution in [3.05, 3.63) is 57.6 Å². The molecule has 0 aliphatic rings. The van der Waals surface area contributed by atoms with E-state index in [1.54, 1.807) is 24.3 Å². The highest BCUT2D eigenvalue weighted by molar-refractivity contribution is 9.10. The zero-order chi connectivity index (χ0) is 17.7. The number of halogens is 1. The predicted octanol–water partition coefficient (Wildman–Crippen LogP) is 3.83. The van der Waals surface area contributed by atoms with E-state index in [4.69, 9.17) is 14.7 Å². The van der Waals surface area contributed by atoms with Gasteiger partial charge < -0.3 is 14.8 Å². The summed E-state index contributed by atoms with van der Waals surface area (Å²) in [5, 5.41) is 11.8. The molecule has 0 fully saturated rings. The SMILES string of the molecule is COc1cc(C(=O)NC(C)c2ccc(C#N)cc2)cc(OC)c1Br. The Kier molecular flexibility index (Phi) is 5.83. The maximum atomic E-state index is 12.5. The minimum Gasteiger partial charge on any atom is -0.495 e. The number of hydrogen-bond donors (Lipinski definition) is 1. The van der Waals surface area contributed by atoms with Gasteiger partial charge in [-0.2, -0.15) is 5.26 Å². The van der Waals surface area contributed by atoms with Gasteiger partial charge in [-0.3, -0.25) is 4.79 Å². The van der Waals surface area contributed by atoms with Gasteiger partial charge in [0.15, 0.2) is 0 Å². The van der Waals surface area contributed by atoms with Gasteiger partial charge in [0, 0.05) is 5.56 Å². The minimum absolute atomic E-state index is 0.203. The van der Waals surface area contributed by atoms with Gasteiger partial charge in [-0.1, -0.05) is 12.1 Å². The summed E-state index contributed by atoms with van der Waals surface area (Å²) in [7, 11) is 3.06. The minimum atomic E-state index is -0.240. The third-order valence-electron chi connectivity index (χ3n) is 3.60. The predicted molar refractivity (Wildman–Crippen MR) is 94.3 cm³/mol. The summed E-state index contributed by atoms with van der Waals surface area (Å²) >= 11 is 3.38. The van der Waals surface area contributed by atoms with Crippen molar-refractivity contribution in [1.29, 1.82) is 5.26 Å². The number of benzene rings is 2. The van der Waals surface area contributed by atoms with Crippen LogP contribution >= 0.6 is 15.9 Å². The molecular weight excluding hydrogens is 372 g/mol. The molecule has 1 N–H and O–H groups in total. The lowest BCUT2D eigenvalue weighted by Crippen LogP contribution is -2.26. The molecular formula is C18H17BrN2O3. The number of nitrogens with one attached hydrogen (secondary N) is 1. The van der Waals surface area contributed by atoms with Crippen LogP contribution in [0.1, 0.15) is 34.5 Å². The molecule has 0 heterocycles. The van der Waals surface area contributed by atoms with Crippen LogP contribution in [0.4, 0.5) is 0 Å². The number of amides is 1. The molecule has 1 amide bonds. The Balaban J connectivity index is 2.21. The molecule has 1 atom stereocenters. The zero-order valence-electron chi connectivity index (χ0n) is 13.6. The fraction of sp³-hybridized carbons (Fsp3) is 0.222. The quantitative estimate of drug-likeness (QED) is 0.844. The van der Waals surface area contributed by atoms with Crippen molar-refractivity contribution in [1.82, 2.24) is 5.32 Å². The molecule has 0 spiro atoms. The van der Waals surface area contributed by atoms with Crippen LogP contribution in [0.5, 0.6) is 11.5 Å². The first-order valence-corrected chi connectivity index (χ1v) is 8.02. The lowest BCUT2D eigenvalue weighted by atomic mass is 10.1. The van der Waals surface area contributed by atoms with Crippen molar-refractivity contribution < 1.29 is 14.3 Å². The molecule has 6 heteroatoms. The monoisotopic (exact) mass is 388 g/mol. The van der Waals surface area contributed by atoms with Crippen LogP contribution < -0.4 is 14.8 Å². The molecule has 0 saturated heterocycles. The highest BCUT2D eigenvalue weighted by atomic mass is 79.9. The summed E-state index contributed by atoms with van der Waals surface area (Å²) in [6.07, 6.45) is 0. The number of carbonyl (C=O) groups is 1. The fourth-order valence-electron chi connectivity index (χ4n) is 2.21. The van der Waals surface area contributed by atoms with Crippen molar-refractivity contribution in [3.63, 3.8) is 0 Å². The summed E-state index contributed by atoms with van der Waals surface area (Å²) in [5.41, 5.74) is 1.94. The van der Waals surface area contributed by atoms with E-state index in [1.807, 2.05) is 19.1 Å². The Bertz CT molecular complexity index is 757. The van der Waals surface area contributed by atoms with Crippen LogP contribution in [0.15, 0.2) is 40.9 Å². The maximum Gasteiger partial charge on any atom is 0.252 e. The van der Waals surface area contributed by atoms with Gasteiger partial charge in [-0.15, -0.1) is 0 Å². The zero-order valence-corrected chi connectivity index (χ0v) is 15.2. The van der Waals surface area contributed by atoms with E-state index in [9.17, 15) is 4.79 Å². The number of hydrogen-bond acceptors (Lipinski definition) is 4. The summed E-state index contributed by atoms with van der Waals surface area (Å²) in [6, 6.07) is 12.3. The van der Waals surface area contributed by atoms with E-state index in [2.05, 4.69) is 27.3 Å². The highest BCUT2D eigenvalue weighted by Gasteiger charge is 2.16. The first-order chi connectivity index (χ1) is 11.5. The van der Waals surface area contributed by atoms with E-state index in [0.29, 0.717) is 27.1 Å². The van der Waals surface area contributed by atoms with Gasteiger partial charge in [0.2, 0.25) is 0 Å². The molecule has 1 unspecified atom stereocenters. The maximum absolute atomic E-state index is 12.5. The van der Waals surface area contributed by atoms with E-state index in [1.165, 1.54) is 14.2 Å². The molecule has 2 aromatic rings. The average molecular weight is 389 g/mol. The van der Waals surface area contributed by atoms with Crippen molar-refractivity contribution in [3.8, 4) is 17.6 Å². The molecule has 0 radical (unpaired) electrons. The Hall–Kier alpha value is -2.52. The number of nitriles is 1. The molecule has 0 saturated carbocycles. The van der Waals surface area contributed by atoms with Crippen molar-refractivity contribution in [2.24, 2.45) is 0 Å². The lowest BCUT2D eigenvalue weighted by molar-refractivity contribution is 0.0939. The highest BCUT2D eigenvalue weighted by Crippen LogP contribution is 2.35. The van der Waals surface area contributed by atoms with E-state index in [-0.39, 0.29) is 11.9 Å². The van der Waals surface area contributed by atoms with E-state index >= 15 is 0 Å². The molecule has 2 aromatic carbocycles. The second-order valence-corrected chi connectivity index (χ2v) is 5.92. The normalized spacial score (nSPS) is 11.3. The largest absolute Gasteiger partial charge is 0.495 e. The number of carbonyl (C=O) groups excluding carboxylic acids is 1. The number of nitrogens with zero attached hydrogens (tertiary/aromatic N) is 1. The second-order valence-electron chi connectivity index (χ2n) is 5.12. The third kappa shape index (κ3) is 3.87. The van der Waals surface area contributed by atoms with Crippen LogP contribution in [-0.2, 0) is 0 Å². The molecule has 0 aliphatic carbocycles. The molecule has 24 heavy (non-hydrogen) atoms. The van der Waals surface area contributed by atoms with E-state index < -0.39 is 0 Å². The van der Waals surface area contributed by atoms with Crippen molar-refractivity contribution >= 4 is 21.8 Å². The average Bonchev–Trinajstić information content (AvgIpc) is 2.61. The van der Waals surface area contributed by atoms with Crippen LogP contribution in [0.2, 0.25) is 0 Å². The smallest absolute Gasteiger partial charge is 0.252 e. The van der Waals surface area contributed by atoms with Crippen LogP contribution in [0.25, 0.3) is 0 Å². The molecule has 124 valence electrons. The van der Waals surface area contributed by atoms with Crippen molar-refractivity contribution in [2.45, 2.75) is 13.0 Å². The summed E-state index contributed by atoms with van der Waals surface area (Å²) < 4.78 is 11.2. The second kappa shape index (κ2) is 7.84. The van der Waals surface area contributed by atoms with Crippen LogP contribution in [0, 0.1) is 11.3 Å². The number of methoxy groups -OCH3 is 2. The van der Waals surface area contributed by atoms with Gasteiger partial charge >= 0.3 is 0 Å². The molecule has 5 nitrogen and oxygen atoms in total. The Labute approximate surface area is 149 Å². The van der Waals surface area contributed by atoms with Crippen LogP contribution in [-0.4, -0.2) is 20.1 Å². The first kappa shape index (κ1) is 17.8. The first-order valence-electron chi connectivity index (χ1n) is 7.22. The topological polar surface area (TPSA) is 71.3 Å². The third-order valence-corrected chi connectivity index (χ3v) is 4.38. The molecule has 0 bridgehead atoms. The summed E-state index contributed by atoms with van der Waals surface area (Å²) in [6.45, 7) is 1.88. The number of rotatable bonds is 5. The fourth-order valence-corrected chi connectivity index (χ4v) is 2.76. The Morgan fingerprint density at radius 2 is 1.71 bits per heavy atom. The van der Waals surface area contributed by atoms with Gasteiger partial charge in [0.05, 0.1) is 31.9 Å². The van der Waals surface area contributed by atoms with Crippen molar-refractivity contribution in [2.75, 3.05) is 14.2 Å². The Morgan fingerprint density at radius 3 is 2.17 bits per heavy atom.